The number of aryl methyl sites for hydroxylation is 2. The molecule has 1 N–H and O–H groups in total. The summed E-state index contributed by atoms with van der Waals surface area (Å²) in [5.74, 6) is 0. The van der Waals surface area contributed by atoms with Crippen molar-refractivity contribution in [2.75, 3.05) is 13.6 Å². The number of hydrogen-bond acceptors (Lipinski definition) is 2. The summed E-state index contributed by atoms with van der Waals surface area (Å²) in [6, 6.07) is 27.5. The van der Waals surface area contributed by atoms with Crippen LogP contribution in [0.5, 0.6) is 0 Å². The zero-order chi connectivity index (χ0) is 20.2. The lowest BCUT2D eigenvalue weighted by Gasteiger charge is -2.28. The Bertz CT molecular complexity index is 943. The predicted octanol–water partition coefficient (Wildman–Crippen LogP) is 5.27. The molecule has 2 atom stereocenters. The van der Waals surface area contributed by atoms with Gasteiger partial charge in [0.1, 0.15) is 0 Å². The minimum absolute atomic E-state index is 0.0190. The van der Waals surface area contributed by atoms with Gasteiger partial charge in [-0.15, -0.1) is 0 Å². The van der Waals surface area contributed by atoms with Gasteiger partial charge in [-0.05, 0) is 60.2 Å². The second-order valence-corrected chi connectivity index (χ2v) is 7.97. The number of aliphatic hydroxyl groups is 1. The van der Waals surface area contributed by atoms with E-state index < -0.39 is 6.10 Å². The van der Waals surface area contributed by atoms with Crippen molar-refractivity contribution in [3.8, 4) is 0 Å². The van der Waals surface area contributed by atoms with Crippen LogP contribution in [0.1, 0.15) is 40.8 Å². The number of nitrogens with zero attached hydrogens (tertiary/aromatic N) is 1. The van der Waals surface area contributed by atoms with Gasteiger partial charge in [0.15, 0.2) is 0 Å². The van der Waals surface area contributed by atoms with Crippen LogP contribution < -0.4 is 0 Å². The van der Waals surface area contributed by atoms with Crippen LogP contribution in [0, 0.1) is 0 Å². The summed E-state index contributed by atoms with van der Waals surface area (Å²) in [6.45, 7) is 2.87. The maximum atomic E-state index is 10.8. The van der Waals surface area contributed by atoms with Gasteiger partial charge in [0.05, 0.1) is 6.10 Å². The van der Waals surface area contributed by atoms with Crippen LogP contribution in [0.3, 0.4) is 0 Å². The predicted molar refractivity (Wildman–Crippen MR) is 121 cm³/mol. The second kappa shape index (κ2) is 8.77. The molecule has 0 saturated heterocycles. The highest BCUT2D eigenvalue weighted by Gasteiger charge is 2.21. The van der Waals surface area contributed by atoms with Gasteiger partial charge in [-0.2, -0.15) is 0 Å². The number of rotatable bonds is 5. The van der Waals surface area contributed by atoms with Crippen molar-refractivity contribution in [2.24, 2.45) is 0 Å². The van der Waals surface area contributed by atoms with Crippen LogP contribution in [0.4, 0.5) is 0 Å². The summed E-state index contributed by atoms with van der Waals surface area (Å²) in [7, 11) is 2.09. The Morgan fingerprint density at radius 1 is 0.828 bits per heavy atom. The molecule has 4 rings (SSSR count). The van der Waals surface area contributed by atoms with E-state index in [0.29, 0.717) is 0 Å². The quantitative estimate of drug-likeness (QED) is 0.649. The van der Waals surface area contributed by atoms with E-state index in [4.69, 9.17) is 0 Å². The minimum atomic E-state index is -0.506. The largest absolute Gasteiger partial charge is 0.387 e. The van der Waals surface area contributed by atoms with Gasteiger partial charge in [-0.25, -0.2) is 0 Å². The third kappa shape index (κ3) is 4.19. The van der Waals surface area contributed by atoms with Gasteiger partial charge >= 0.3 is 0 Å². The highest BCUT2D eigenvalue weighted by molar-refractivity contribution is 5.84. The third-order valence-corrected chi connectivity index (χ3v) is 6.16. The fourth-order valence-electron chi connectivity index (χ4n) is 4.21. The zero-order valence-corrected chi connectivity index (χ0v) is 17.3. The zero-order valence-electron chi connectivity index (χ0n) is 17.3. The van der Waals surface area contributed by atoms with Crippen molar-refractivity contribution in [3.05, 3.63) is 113 Å². The summed E-state index contributed by atoms with van der Waals surface area (Å²) < 4.78 is 0. The molecule has 1 aliphatic carbocycles. The minimum Gasteiger partial charge on any atom is -0.387 e. The molecule has 0 fully saturated rings. The molecule has 3 aromatic carbocycles. The van der Waals surface area contributed by atoms with E-state index in [1.54, 1.807) is 0 Å². The summed E-state index contributed by atoms with van der Waals surface area (Å²) >= 11 is 0. The van der Waals surface area contributed by atoms with Gasteiger partial charge < -0.3 is 5.11 Å². The lowest BCUT2D eigenvalue weighted by Crippen LogP contribution is -2.34. The van der Waals surface area contributed by atoms with Crippen LogP contribution in [0.15, 0.2) is 84.9 Å². The van der Waals surface area contributed by atoms with Gasteiger partial charge in [0.2, 0.25) is 0 Å². The molecule has 2 heteroatoms. The van der Waals surface area contributed by atoms with Gasteiger partial charge in [-0.3, -0.25) is 4.90 Å². The van der Waals surface area contributed by atoms with E-state index >= 15 is 0 Å². The Balaban J connectivity index is 1.62. The number of hydrogen-bond donors (Lipinski definition) is 1. The van der Waals surface area contributed by atoms with Gasteiger partial charge in [0, 0.05) is 12.6 Å². The van der Waals surface area contributed by atoms with E-state index in [0.717, 1.165) is 24.9 Å². The molecule has 0 saturated carbocycles. The summed E-state index contributed by atoms with van der Waals surface area (Å²) in [6.07, 6.45) is 3.97. The molecule has 3 aromatic rings. The highest BCUT2D eigenvalue weighted by Crippen LogP contribution is 2.33. The van der Waals surface area contributed by atoms with Crippen molar-refractivity contribution in [1.82, 2.24) is 4.90 Å². The smallest absolute Gasteiger partial charge is 0.0942 e. The molecule has 0 unspecified atom stereocenters. The maximum Gasteiger partial charge on any atom is 0.0942 e. The van der Waals surface area contributed by atoms with E-state index in [2.05, 4.69) is 73.5 Å². The van der Waals surface area contributed by atoms with Gasteiger partial charge in [0.25, 0.3) is 0 Å². The van der Waals surface area contributed by atoms with E-state index in [1.165, 1.54) is 27.8 Å². The van der Waals surface area contributed by atoms with Crippen molar-refractivity contribution in [3.63, 3.8) is 0 Å². The molecule has 2 nitrogen and oxygen atoms in total. The number of likely N-dealkylation sites (N-methyl/N-ethyl adjacent to an activating group) is 1. The second-order valence-electron chi connectivity index (χ2n) is 7.97. The van der Waals surface area contributed by atoms with Crippen molar-refractivity contribution < 1.29 is 5.11 Å². The van der Waals surface area contributed by atoms with Crippen molar-refractivity contribution in [1.29, 1.82) is 0 Å². The molecule has 0 aromatic heterocycles. The average molecular weight is 384 g/mol. The first-order valence-electron chi connectivity index (χ1n) is 10.4. The topological polar surface area (TPSA) is 23.5 Å². The molecule has 0 amide bonds. The van der Waals surface area contributed by atoms with E-state index in [9.17, 15) is 5.11 Å². The average Bonchev–Trinajstić information content (AvgIpc) is 2.94. The normalized spacial score (nSPS) is 15.2. The molecule has 0 aliphatic heterocycles. The highest BCUT2D eigenvalue weighted by atomic mass is 16.3. The summed E-state index contributed by atoms with van der Waals surface area (Å²) in [5.41, 5.74) is 7.76. The van der Waals surface area contributed by atoms with Crippen LogP contribution in [-0.2, 0) is 12.8 Å². The van der Waals surface area contributed by atoms with Crippen LogP contribution in [-0.4, -0.2) is 29.6 Å². The molecule has 148 valence electrons. The molecule has 0 radical (unpaired) electrons. The third-order valence-electron chi connectivity index (χ3n) is 6.16. The van der Waals surface area contributed by atoms with E-state index in [-0.39, 0.29) is 6.04 Å². The lowest BCUT2D eigenvalue weighted by atomic mass is 9.93. The Labute approximate surface area is 174 Å². The standard InChI is InChI=1S/C27H29NO/c1-20(27(29)23-12-4-3-5-13-23)28(2)19-18-26-24-14-8-6-10-21(24)16-17-22-11-7-9-15-25(22)26/h3-15,18,20,27,29H,16-17,19H2,1-2H3/t20-,27-/m0/s1. The first-order valence-corrected chi connectivity index (χ1v) is 10.4. The molecule has 0 heterocycles. The van der Waals surface area contributed by atoms with Crippen molar-refractivity contribution in [2.45, 2.75) is 31.9 Å². The van der Waals surface area contributed by atoms with E-state index in [1.807, 2.05) is 30.3 Å². The Kier molecular flexibility index (Phi) is 5.94. The lowest BCUT2D eigenvalue weighted by molar-refractivity contribution is 0.0787. The molecular formula is C27H29NO. The SMILES string of the molecule is C[C@@H]([C@H](O)c1ccccc1)N(C)CC=C1c2ccccc2CCc2ccccc21. The van der Waals surface area contributed by atoms with Crippen LogP contribution >= 0.6 is 0 Å². The number of benzene rings is 3. The fourth-order valence-corrected chi connectivity index (χ4v) is 4.21. The molecule has 29 heavy (non-hydrogen) atoms. The monoisotopic (exact) mass is 383 g/mol. The summed E-state index contributed by atoms with van der Waals surface area (Å²) in [5, 5.41) is 10.8. The van der Waals surface area contributed by atoms with Crippen LogP contribution in [0.25, 0.3) is 5.57 Å². The maximum absolute atomic E-state index is 10.8. The Hall–Kier alpha value is -2.68. The first-order chi connectivity index (χ1) is 14.1. The van der Waals surface area contributed by atoms with Crippen LogP contribution in [0.2, 0.25) is 0 Å². The molecule has 1 aliphatic rings. The van der Waals surface area contributed by atoms with Gasteiger partial charge in [-0.1, -0.05) is 84.9 Å². The Morgan fingerprint density at radius 3 is 1.93 bits per heavy atom. The Morgan fingerprint density at radius 2 is 1.34 bits per heavy atom. The molecule has 0 bridgehead atoms. The molecule has 0 spiro atoms. The number of fused-ring (bicyclic) bond motifs is 2. The summed E-state index contributed by atoms with van der Waals surface area (Å²) in [4.78, 5) is 2.22. The fraction of sp³-hybridized carbons (Fsp3) is 0.259. The number of aliphatic hydroxyl groups excluding tert-OH is 1. The molecular weight excluding hydrogens is 354 g/mol. The first kappa shape index (κ1) is 19.6. The van der Waals surface area contributed by atoms with Crippen molar-refractivity contribution >= 4 is 5.57 Å².